The molecule has 0 aliphatic carbocycles. The number of alkyl halides is 1. The number of halogens is 1. The summed E-state index contributed by atoms with van der Waals surface area (Å²) < 4.78 is 33.5. The van der Waals surface area contributed by atoms with Gasteiger partial charge in [0.2, 0.25) is 0 Å². The topological polar surface area (TPSA) is 65.8 Å². The van der Waals surface area contributed by atoms with Gasteiger partial charge in [-0.3, -0.25) is 4.68 Å². The Kier molecular flexibility index (Phi) is 5.29. The van der Waals surface area contributed by atoms with E-state index in [0.29, 0.717) is 13.0 Å². The zero-order valence-electron chi connectivity index (χ0n) is 17.9. The van der Waals surface area contributed by atoms with Crippen LogP contribution in [0.15, 0.2) is 12.4 Å². The van der Waals surface area contributed by atoms with Crippen LogP contribution in [-0.2, 0) is 14.0 Å². The van der Waals surface area contributed by atoms with Crippen LogP contribution in [0.2, 0.25) is 0 Å². The Morgan fingerprint density at radius 2 is 1.86 bits per heavy atom. The molecule has 2 fully saturated rings. The molecule has 2 unspecified atom stereocenters. The Bertz CT molecular complexity index is 715. The first-order valence-corrected chi connectivity index (χ1v) is 9.79. The van der Waals surface area contributed by atoms with Crippen LogP contribution in [0.1, 0.15) is 60.9 Å². The summed E-state index contributed by atoms with van der Waals surface area (Å²) in [7, 11) is -0.523. The third kappa shape index (κ3) is 4.35. The first kappa shape index (κ1) is 21.1. The van der Waals surface area contributed by atoms with E-state index in [1.165, 1.54) is 4.90 Å². The second-order valence-corrected chi connectivity index (χ2v) is 9.71. The first-order chi connectivity index (χ1) is 12.8. The number of ether oxygens (including phenoxy) is 1. The van der Waals surface area contributed by atoms with E-state index in [9.17, 15) is 9.18 Å². The highest BCUT2D eigenvalue weighted by Crippen LogP contribution is 2.36. The summed E-state index contributed by atoms with van der Waals surface area (Å²) in [5, 5.41) is 4.39. The number of hydrogen-bond acceptors (Lipinski definition) is 5. The van der Waals surface area contributed by atoms with Crippen molar-refractivity contribution in [3.8, 4) is 0 Å². The van der Waals surface area contributed by atoms with Crippen molar-refractivity contribution in [1.82, 2.24) is 14.7 Å². The quantitative estimate of drug-likeness (QED) is 0.721. The average molecular weight is 395 g/mol. The van der Waals surface area contributed by atoms with Gasteiger partial charge in [0.15, 0.2) is 0 Å². The number of rotatable bonds is 2. The molecule has 2 atom stereocenters. The van der Waals surface area contributed by atoms with Gasteiger partial charge in [0.05, 0.1) is 23.8 Å². The Labute approximate surface area is 166 Å². The van der Waals surface area contributed by atoms with Gasteiger partial charge in [-0.05, 0) is 48.5 Å². The zero-order valence-corrected chi connectivity index (χ0v) is 17.9. The number of amides is 1. The van der Waals surface area contributed by atoms with E-state index in [4.69, 9.17) is 14.0 Å². The van der Waals surface area contributed by atoms with Crippen molar-refractivity contribution in [1.29, 1.82) is 0 Å². The van der Waals surface area contributed by atoms with Gasteiger partial charge in [-0.15, -0.1) is 0 Å². The lowest BCUT2D eigenvalue weighted by molar-refractivity contribution is 0.00578. The van der Waals surface area contributed by atoms with Crippen molar-refractivity contribution in [2.45, 2.75) is 83.9 Å². The average Bonchev–Trinajstić information content (AvgIpc) is 3.08. The monoisotopic (exact) mass is 395 g/mol. The number of piperidine rings is 1. The second-order valence-electron chi connectivity index (χ2n) is 9.71. The van der Waals surface area contributed by atoms with Crippen LogP contribution in [0, 0.1) is 0 Å². The molecule has 0 spiro atoms. The molecule has 28 heavy (non-hydrogen) atoms. The van der Waals surface area contributed by atoms with Crippen LogP contribution in [-0.4, -0.2) is 64.0 Å². The summed E-state index contributed by atoms with van der Waals surface area (Å²) in [6, 6.07) is -0.271. The second kappa shape index (κ2) is 7.02. The summed E-state index contributed by atoms with van der Waals surface area (Å²) in [5.74, 6) is 0. The summed E-state index contributed by atoms with van der Waals surface area (Å²) in [6.45, 7) is 13.7. The minimum absolute atomic E-state index is 0.0385. The molecule has 1 aromatic rings. The molecule has 1 amide bonds. The van der Waals surface area contributed by atoms with Crippen molar-refractivity contribution >= 4 is 18.7 Å². The highest BCUT2D eigenvalue weighted by molar-refractivity contribution is 6.62. The molecule has 0 bridgehead atoms. The molecule has 156 valence electrons. The largest absolute Gasteiger partial charge is 0.498 e. The highest BCUT2D eigenvalue weighted by atomic mass is 19.1. The smallest absolute Gasteiger partial charge is 0.444 e. The normalized spacial score (nSPS) is 27.1. The number of hydrogen-bond donors (Lipinski definition) is 0. The third-order valence-corrected chi connectivity index (χ3v) is 5.55. The molecule has 2 aliphatic heterocycles. The molecule has 0 radical (unpaired) electrons. The number of carbonyl (C=O) groups is 1. The molecule has 3 rings (SSSR count). The number of nitrogens with zero attached hydrogens (tertiary/aromatic N) is 3. The predicted octanol–water partition coefficient (Wildman–Crippen LogP) is 2.70. The lowest BCUT2D eigenvalue weighted by atomic mass is 9.82. The van der Waals surface area contributed by atoms with Gasteiger partial charge in [0.1, 0.15) is 11.8 Å². The molecule has 1 aromatic heterocycles. The summed E-state index contributed by atoms with van der Waals surface area (Å²) in [4.78, 5) is 13.8. The molecule has 0 aromatic carbocycles. The fourth-order valence-electron chi connectivity index (χ4n) is 3.33. The molecule has 0 saturated carbocycles. The fourth-order valence-corrected chi connectivity index (χ4v) is 3.33. The van der Waals surface area contributed by atoms with Crippen molar-refractivity contribution in [2.24, 2.45) is 0 Å². The number of aromatic nitrogens is 2. The van der Waals surface area contributed by atoms with Gasteiger partial charge in [0.25, 0.3) is 0 Å². The molecule has 7 nitrogen and oxygen atoms in total. The van der Waals surface area contributed by atoms with Crippen LogP contribution in [0.25, 0.3) is 0 Å². The van der Waals surface area contributed by atoms with Gasteiger partial charge in [-0.1, -0.05) is 0 Å². The van der Waals surface area contributed by atoms with Crippen molar-refractivity contribution < 1.29 is 23.2 Å². The summed E-state index contributed by atoms with van der Waals surface area (Å²) in [5.41, 5.74) is -0.723. The van der Waals surface area contributed by atoms with Crippen LogP contribution in [0.4, 0.5) is 9.18 Å². The minimum atomic E-state index is -1.13. The van der Waals surface area contributed by atoms with E-state index in [0.717, 1.165) is 5.46 Å². The lowest BCUT2D eigenvalue weighted by Crippen LogP contribution is -2.47. The van der Waals surface area contributed by atoms with Gasteiger partial charge < -0.3 is 18.9 Å². The van der Waals surface area contributed by atoms with Crippen molar-refractivity contribution in [3.63, 3.8) is 0 Å². The Balaban J connectivity index is 1.71. The van der Waals surface area contributed by atoms with Crippen LogP contribution < -0.4 is 5.46 Å². The molecule has 3 heterocycles. The fraction of sp³-hybridized carbons (Fsp3) is 0.789. The third-order valence-electron chi connectivity index (χ3n) is 5.55. The molecule has 2 saturated heterocycles. The van der Waals surface area contributed by atoms with Crippen LogP contribution in [0.3, 0.4) is 0 Å². The van der Waals surface area contributed by atoms with Gasteiger partial charge >= 0.3 is 13.2 Å². The maximum absolute atomic E-state index is 14.3. The Morgan fingerprint density at radius 1 is 1.25 bits per heavy atom. The highest BCUT2D eigenvalue weighted by Gasteiger charge is 2.52. The molecule has 9 heteroatoms. The zero-order chi connectivity index (χ0) is 20.9. The maximum atomic E-state index is 14.3. The molecule has 2 aliphatic rings. The van der Waals surface area contributed by atoms with E-state index in [1.54, 1.807) is 31.6 Å². The van der Waals surface area contributed by atoms with E-state index < -0.39 is 36.2 Å². The van der Waals surface area contributed by atoms with Gasteiger partial charge in [-0.2, -0.15) is 5.10 Å². The van der Waals surface area contributed by atoms with Crippen LogP contribution in [0.5, 0.6) is 0 Å². The van der Waals surface area contributed by atoms with Gasteiger partial charge in [-0.25, -0.2) is 9.18 Å². The Morgan fingerprint density at radius 3 is 2.43 bits per heavy atom. The van der Waals surface area contributed by atoms with Gasteiger partial charge in [0, 0.05) is 30.8 Å². The minimum Gasteiger partial charge on any atom is -0.444 e. The van der Waals surface area contributed by atoms with E-state index in [-0.39, 0.29) is 12.6 Å². The lowest BCUT2D eigenvalue weighted by Gasteiger charge is -2.35. The van der Waals surface area contributed by atoms with Crippen molar-refractivity contribution in [2.75, 3.05) is 13.1 Å². The molecular formula is C19H31BFN3O4. The molecule has 0 N–H and O–H groups in total. The van der Waals surface area contributed by atoms with Crippen molar-refractivity contribution in [3.05, 3.63) is 12.4 Å². The van der Waals surface area contributed by atoms with Crippen LogP contribution >= 0.6 is 0 Å². The van der Waals surface area contributed by atoms with E-state index in [1.807, 2.05) is 33.9 Å². The number of carbonyl (C=O) groups excluding carboxylic acids is 1. The molecular weight excluding hydrogens is 364 g/mol. The summed E-state index contributed by atoms with van der Waals surface area (Å²) in [6.07, 6.45) is 2.16. The van der Waals surface area contributed by atoms with E-state index in [2.05, 4.69) is 5.10 Å². The Hall–Kier alpha value is -1.61. The van der Waals surface area contributed by atoms with E-state index >= 15 is 0 Å². The summed E-state index contributed by atoms with van der Waals surface area (Å²) >= 11 is 0. The standard InChI is InChI=1S/C19H31BFN3O4/c1-17(2,3)26-16(25)23-11-14(21)8-15(12-23)24-10-13(9-22-24)20-27-18(4,5)19(6,7)28-20/h9-10,14-15H,8,11-12H2,1-7H3. The first-order valence-electron chi connectivity index (χ1n) is 9.79. The SMILES string of the molecule is CC(C)(C)OC(=O)N1CC(F)CC(n2cc(B3OC(C)(C)C(C)(C)O3)cn2)C1. The number of likely N-dealkylation sites (tertiary alicyclic amines) is 1. The predicted molar refractivity (Wildman–Crippen MR) is 104 cm³/mol. The maximum Gasteiger partial charge on any atom is 0.498 e.